The van der Waals surface area contributed by atoms with Crippen LogP contribution in [0.15, 0.2) is 0 Å². The Hall–Kier alpha value is -2.02. The van der Waals surface area contributed by atoms with Crippen LogP contribution in [-0.2, 0) is 52.2 Å². The van der Waals surface area contributed by atoms with Crippen LogP contribution in [0.5, 0.6) is 0 Å². The first kappa shape index (κ1) is 51.0. The summed E-state index contributed by atoms with van der Waals surface area (Å²) in [5.74, 6) is -1.49. The number of hydrogen-bond acceptors (Lipinski definition) is 26. The van der Waals surface area contributed by atoms with Gasteiger partial charge in [0.05, 0.1) is 33.0 Å². The first-order valence-corrected chi connectivity index (χ1v) is 19.6. The van der Waals surface area contributed by atoms with Crippen molar-refractivity contribution in [3.63, 3.8) is 0 Å². The maximum Gasteiger partial charge on any atom is 0.217 e. The van der Waals surface area contributed by atoms with E-state index in [1.165, 1.54) is 0 Å². The number of aliphatic hydroxyl groups is 15. The molecule has 28 heteroatoms. The average Bonchev–Trinajstić information content (AvgIpc) is 3.23. The molecule has 28 nitrogen and oxygen atoms in total. The first-order chi connectivity index (χ1) is 29.3. The average molecular weight is 911 g/mol. The van der Waals surface area contributed by atoms with Crippen LogP contribution in [0.2, 0.25) is 0 Å². The van der Waals surface area contributed by atoms with Gasteiger partial charge in [0.2, 0.25) is 11.8 Å². The molecular weight excluding hydrogens is 852 g/mol. The van der Waals surface area contributed by atoms with Crippen molar-refractivity contribution >= 4 is 11.8 Å². The number of carbonyl (C=O) groups is 2. The standard InChI is InChI=1S/C34H58N2O26/c1-8(41)35-15-20(46)27(12(5-39)55-30(15)53)60-31-16(36-9(2)42)21(47)28(13(6-40)58-31)61-34-26(52)29(62-33-25(51)23(49)18(44)11(4-38)57-33)19(45)14(59-34)7-54-32-24(50)22(48)17(43)10(3-37)56-32/h10-34,37-40,43-53H,3-7H2,1-2H3,(H,35,41)(H,36,42)/t10-,11-,12-,13-,14-,15-,16-,17-,18-,19-,20-,21-,22+,23+,24+,25+,26+,27-,28-,29-,30-,31+,32-,33-,34-/m1/s1. The highest BCUT2D eigenvalue weighted by molar-refractivity contribution is 5.73. The molecule has 0 aromatic heterocycles. The molecular formula is C34H58N2O26. The Morgan fingerprint density at radius 2 is 0.823 bits per heavy atom. The van der Waals surface area contributed by atoms with E-state index in [4.69, 9.17) is 42.6 Å². The zero-order valence-electron chi connectivity index (χ0n) is 33.2. The number of rotatable bonds is 15. The van der Waals surface area contributed by atoms with Crippen molar-refractivity contribution in [1.82, 2.24) is 10.6 Å². The van der Waals surface area contributed by atoms with Crippen molar-refractivity contribution < 1.29 is 129 Å². The second-order valence-corrected chi connectivity index (χ2v) is 15.5. The van der Waals surface area contributed by atoms with Gasteiger partial charge in [-0.25, -0.2) is 0 Å². The Kier molecular flexibility index (Phi) is 18.1. The van der Waals surface area contributed by atoms with Crippen molar-refractivity contribution in [3.8, 4) is 0 Å². The number of hydrogen-bond donors (Lipinski definition) is 17. The summed E-state index contributed by atoms with van der Waals surface area (Å²) in [6.45, 7) is -2.31. The van der Waals surface area contributed by atoms with E-state index in [2.05, 4.69) is 10.6 Å². The number of nitrogens with one attached hydrogen (secondary N) is 2. The molecule has 0 radical (unpaired) electrons. The van der Waals surface area contributed by atoms with Crippen LogP contribution in [-0.4, -0.2) is 275 Å². The highest BCUT2D eigenvalue weighted by Crippen LogP contribution is 2.35. The molecule has 2 amide bonds. The maximum absolute atomic E-state index is 12.4. The van der Waals surface area contributed by atoms with Crippen LogP contribution in [0, 0.1) is 0 Å². The quantitative estimate of drug-likeness (QED) is 0.0725. The summed E-state index contributed by atoms with van der Waals surface area (Å²) in [7, 11) is 0. The molecule has 0 aromatic rings. The van der Waals surface area contributed by atoms with Gasteiger partial charge < -0.3 is 130 Å². The number of amides is 2. The Labute approximate surface area is 351 Å². The van der Waals surface area contributed by atoms with Crippen molar-refractivity contribution in [2.45, 2.75) is 167 Å². The predicted molar refractivity (Wildman–Crippen MR) is 190 cm³/mol. The summed E-state index contributed by atoms with van der Waals surface area (Å²) in [6.07, 6.45) is -42.3. The Morgan fingerprint density at radius 1 is 0.419 bits per heavy atom. The first-order valence-electron chi connectivity index (χ1n) is 19.6. The van der Waals surface area contributed by atoms with E-state index in [1.54, 1.807) is 0 Å². The van der Waals surface area contributed by atoms with Crippen molar-refractivity contribution in [2.24, 2.45) is 0 Å². The van der Waals surface area contributed by atoms with Gasteiger partial charge in [-0.05, 0) is 0 Å². The molecule has 5 heterocycles. The minimum absolute atomic E-state index is 0.693. The zero-order valence-corrected chi connectivity index (χ0v) is 33.2. The summed E-state index contributed by atoms with van der Waals surface area (Å²) in [5, 5.41) is 163. The smallest absolute Gasteiger partial charge is 0.217 e. The van der Waals surface area contributed by atoms with Gasteiger partial charge in [-0.1, -0.05) is 0 Å². The summed E-state index contributed by atoms with van der Waals surface area (Å²) < 4.78 is 50.8. The van der Waals surface area contributed by atoms with Gasteiger partial charge in [0.15, 0.2) is 31.5 Å². The highest BCUT2D eigenvalue weighted by Gasteiger charge is 2.56. The van der Waals surface area contributed by atoms with Gasteiger partial charge in [-0.3, -0.25) is 9.59 Å². The molecule has 17 N–H and O–H groups in total. The minimum atomic E-state index is -2.18. The molecule has 62 heavy (non-hydrogen) atoms. The fourth-order valence-corrected chi connectivity index (χ4v) is 7.73. The fourth-order valence-electron chi connectivity index (χ4n) is 7.73. The number of carbonyl (C=O) groups excluding carboxylic acids is 2. The van der Waals surface area contributed by atoms with Gasteiger partial charge in [0, 0.05) is 13.8 Å². The number of ether oxygens (including phenoxy) is 9. The summed E-state index contributed by atoms with van der Waals surface area (Å²) in [6, 6.07) is -3.19. The van der Waals surface area contributed by atoms with Gasteiger partial charge in [0.1, 0.15) is 122 Å². The normalized spacial score (nSPS) is 49.0. The van der Waals surface area contributed by atoms with Gasteiger partial charge in [-0.15, -0.1) is 0 Å². The van der Waals surface area contributed by atoms with Gasteiger partial charge in [0.25, 0.3) is 0 Å². The lowest BCUT2D eigenvalue weighted by molar-refractivity contribution is -0.384. The molecule has 0 unspecified atom stereocenters. The second kappa shape index (κ2) is 22.0. The van der Waals surface area contributed by atoms with E-state index in [9.17, 15) is 86.2 Å². The second-order valence-electron chi connectivity index (χ2n) is 15.5. The van der Waals surface area contributed by atoms with Crippen LogP contribution in [0.3, 0.4) is 0 Å². The van der Waals surface area contributed by atoms with Crippen molar-refractivity contribution in [3.05, 3.63) is 0 Å². The Bertz CT molecular complexity index is 1440. The third-order valence-corrected chi connectivity index (χ3v) is 11.1. The van der Waals surface area contributed by atoms with E-state index in [0.717, 1.165) is 13.8 Å². The molecule has 360 valence electrons. The maximum atomic E-state index is 12.4. The van der Waals surface area contributed by atoms with Gasteiger partial charge in [-0.2, -0.15) is 0 Å². The SMILES string of the molecule is CC(=O)N[C@@H]1[C@@H](O)[C@H](O[C@@H]2O[C@H](CO)[C@@H](O[C@H]3O[C@H](CO[C@@H]4O[C@H](CO)[C@@H](O)[C@H](O)[C@@H]4O)[C@@H](O)[C@@H](O[C@H]4O[C@H](CO)[C@@H](O)[C@H](O)[C@@H]4O)[C@@H]3O)[C@H](O)[C@H]2NC(C)=O)[C@@H](CO)O[C@H]1O. The topological polar surface area (TPSA) is 445 Å². The van der Waals surface area contributed by atoms with Crippen LogP contribution in [0.4, 0.5) is 0 Å². The third kappa shape index (κ3) is 11.0. The molecule has 5 fully saturated rings. The molecule has 0 bridgehead atoms. The highest BCUT2D eigenvalue weighted by atomic mass is 16.8. The van der Waals surface area contributed by atoms with E-state index >= 15 is 0 Å². The lowest BCUT2D eigenvalue weighted by Gasteiger charge is -2.50. The largest absolute Gasteiger partial charge is 0.394 e. The van der Waals surface area contributed by atoms with Crippen LogP contribution < -0.4 is 10.6 Å². The predicted octanol–water partition coefficient (Wildman–Crippen LogP) is -11.6. The molecule has 0 spiro atoms. The fraction of sp³-hybridized carbons (Fsp3) is 0.941. The lowest BCUT2D eigenvalue weighted by atomic mass is 9.94. The summed E-state index contributed by atoms with van der Waals surface area (Å²) >= 11 is 0. The molecule has 5 rings (SSSR count). The molecule has 0 aliphatic carbocycles. The Balaban J connectivity index is 1.41. The number of aliphatic hydroxyl groups excluding tert-OH is 15. The van der Waals surface area contributed by atoms with Crippen molar-refractivity contribution in [2.75, 3.05) is 33.0 Å². The van der Waals surface area contributed by atoms with Crippen LogP contribution >= 0.6 is 0 Å². The van der Waals surface area contributed by atoms with E-state index in [1.807, 2.05) is 0 Å². The molecule has 5 aliphatic heterocycles. The zero-order chi connectivity index (χ0) is 45.9. The lowest BCUT2D eigenvalue weighted by Crippen LogP contribution is -2.70. The van der Waals surface area contributed by atoms with E-state index < -0.39 is 198 Å². The summed E-state index contributed by atoms with van der Waals surface area (Å²) in [4.78, 5) is 24.2. The molecule has 5 saturated heterocycles. The van der Waals surface area contributed by atoms with Gasteiger partial charge >= 0.3 is 0 Å². The van der Waals surface area contributed by atoms with E-state index in [-0.39, 0.29) is 0 Å². The Morgan fingerprint density at radius 3 is 1.35 bits per heavy atom. The molecule has 0 saturated carbocycles. The third-order valence-electron chi connectivity index (χ3n) is 11.1. The van der Waals surface area contributed by atoms with E-state index in [0.29, 0.717) is 0 Å². The molecule has 25 atom stereocenters. The summed E-state index contributed by atoms with van der Waals surface area (Å²) in [5.41, 5.74) is 0. The minimum Gasteiger partial charge on any atom is -0.394 e. The monoisotopic (exact) mass is 910 g/mol. The van der Waals surface area contributed by atoms with Crippen LogP contribution in [0.1, 0.15) is 13.8 Å². The van der Waals surface area contributed by atoms with Crippen LogP contribution in [0.25, 0.3) is 0 Å². The molecule has 0 aromatic carbocycles. The van der Waals surface area contributed by atoms with Crippen molar-refractivity contribution in [1.29, 1.82) is 0 Å². The molecule has 5 aliphatic rings.